The molecule has 0 aliphatic carbocycles. The molecular formula is C9H16F2O3. The van der Waals surface area contributed by atoms with E-state index in [4.69, 9.17) is 5.11 Å². The highest BCUT2D eigenvalue weighted by molar-refractivity contribution is 5.66. The predicted octanol–water partition coefficient (Wildman–Crippen LogP) is 1.54. The van der Waals surface area contributed by atoms with Crippen LogP contribution in [0.3, 0.4) is 0 Å². The van der Waals surface area contributed by atoms with Crippen molar-refractivity contribution in [3.8, 4) is 0 Å². The summed E-state index contributed by atoms with van der Waals surface area (Å²) in [5.41, 5.74) is 0. The standard InChI is InChI=1S/C9H16F2O3/c1-5(3-4-7(12)13)9(14)8(11)6(2)10/h5-6,8-9,14H,3-4H2,1-2H3,(H,12,13). The number of carboxylic acid groups (broad SMARTS) is 1. The van der Waals surface area contributed by atoms with Crippen molar-refractivity contribution in [2.24, 2.45) is 5.92 Å². The number of hydrogen-bond acceptors (Lipinski definition) is 2. The molecule has 5 heteroatoms. The maximum atomic E-state index is 12.9. The zero-order chi connectivity index (χ0) is 11.3. The summed E-state index contributed by atoms with van der Waals surface area (Å²) in [5.74, 6) is -1.56. The van der Waals surface area contributed by atoms with E-state index in [0.29, 0.717) is 0 Å². The molecule has 0 aliphatic heterocycles. The quantitative estimate of drug-likeness (QED) is 0.699. The largest absolute Gasteiger partial charge is 0.481 e. The minimum atomic E-state index is -1.95. The van der Waals surface area contributed by atoms with Gasteiger partial charge in [0.1, 0.15) is 6.17 Å². The van der Waals surface area contributed by atoms with Gasteiger partial charge in [0.25, 0.3) is 0 Å². The lowest BCUT2D eigenvalue weighted by Crippen LogP contribution is -2.34. The second-order valence-corrected chi connectivity index (χ2v) is 3.52. The Morgan fingerprint density at radius 2 is 1.86 bits per heavy atom. The van der Waals surface area contributed by atoms with Crippen LogP contribution in [0.1, 0.15) is 26.7 Å². The summed E-state index contributed by atoms with van der Waals surface area (Å²) in [7, 11) is 0. The highest BCUT2D eigenvalue weighted by atomic mass is 19.2. The molecule has 2 N–H and O–H groups in total. The highest BCUT2D eigenvalue weighted by Crippen LogP contribution is 2.19. The number of carbonyl (C=O) groups is 1. The molecule has 3 nitrogen and oxygen atoms in total. The van der Waals surface area contributed by atoms with Gasteiger partial charge in [-0.25, -0.2) is 8.78 Å². The fraction of sp³-hybridized carbons (Fsp3) is 0.889. The van der Waals surface area contributed by atoms with Gasteiger partial charge in [0.05, 0.1) is 6.10 Å². The minimum absolute atomic E-state index is 0.143. The van der Waals surface area contributed by atoms with E-state index in [2.05, 4.69) is 0 Å². The van der Waals surface area contributed by atoms with Gasteiger partial charge in [0.2, 0.25) is 0 Å². The summed E-state index contributed by atoms with van der Waals surface area (Å²) >= 11 is 0. The Kier molecular flexibility index (Phi) is 5.60. The van der Waals surface area contributed by atoms with E-state index in [1.807, 2.05) is 0 Å². The van der Waals surface area contributed by atoms with Crippen LogP contribution in [-0.4, -0.2) is 34.6 Å². The number of hydrogen-bond donors (Lipinski definition) is 2. The number of aliphatic carboxylic acids is 1. The van der Waals surface area contributed by atoms with Gasteiger partial charge in [-0.15, -0.1) is 0 Å². The Labute approximate surface area is 81.7 Å². The van der Waals surface area contributed by atoms with E-state index in [1.165, 1.54) is 6.92 Å². The molecule has 0 radical (unpaired) electrons. The van der Waals surface area contributed by atoms with Gasteiger partial charge in [-0.2, -0.15) is 0 Å². The molecule has 0 rings (SSSR count). The summed E-state index contributed by atoms with van der Waals surface area (Å²) in [6.07, 6.45) is -5.12. The van der Waals surface area contributed by atoms with Crippen LogP contribution in [-0.2, 0) is 4.79 Å². The third-order valence-corrected chi connectivity index (χ3v) is 2.16. The maximum Gasteiger partial charge on any atom is 0.303 e. The van der Waals surface area contributed by atoms with E-state index < -0.39 is 30.3 Å². The Bertz CT molecular complexity index is 185. The summed E-state index contributed by atoms with van der Waals surface area (Å²) in [6.45, 7) is 2.53. The van der Waals surface area contributed by atoms with Crippen LogP contribution >= 0.6 is 0 Å². The summed E-state index contributed by atoms with van der Waals surface area (Å²) in [5, 5.41) is 17.6. The van der Waals surface area contributed by atoms with Crippen molar-refractivity contribution in [1.82, 2.24) is 0 Å². The molecule has 0 fully saturated rings. The molecular weight excluding hydrogens is 194 g/mol. The van der Waals surface area contributed by atoms with Crippen molar-refractivity contribution >= 4 is 5.97 Å². The van der Waals surface area contributed by atoms with Gasteiger partial charge in [-0.05, 0) is 19.3 Å². The second kappa shape index (κ2) is 5.90. The van der Waals surface area contributed by atoms with Crippen molar-refractivity contribution in [3.05, 3.63) is 0 Å². The number of halogens is 2. The number of rotatable bonds is 6. The molecule has 0 bridgehead atoms. The molecule has 0 aliphatic rings. The summed E-state index contributed by atoms with van der Waals surface area (Å²) in [6, 6.07) is 0. The van der Waals surface area contributed by atoms with E-state index in [0.717, 1.165) is 6.92 Å². The minimum Gasteiger partial charge on any atom is -0.481 e. The van der Waals surface area contributed by atoms with Crippen LogP contribution in [0.4, 0.5) is 8.78 Å². The van der Waals surface area contributed by atoms with Crippen LogP contribution in [0.2, 0.25) is 0 Å². The topological polar surface area (TPSA) is 57.5 Å². The Morgan fingerprint density at radius 3 is 2.21 bits per heavy atom. The fourth-order valence-electron chi connectivity index (χ4n) is 1.11. The normalized spacial score (nSPS) is 19.8. The summed E-state index contributed by atoms with van der Waals surface area (Å²) in [4.78, 5) is 10.2. The third kappa shape index (κ3) is 4.50. The van der Waals surface area contributed by atoms with E-state index in [1.54, 1.807) is 0 Å². The first kappa shape index (κ1) is 13.3. The monoisotopic (exact) mass is 210 g/mol. The van der Waals surface area contributed by atoms with Crippen LogP contribution in [0.15, 0.2) is 0 Å². The number of alkyl halides is 2. The molecule has 0 aromatic heterocycles. The van der Waals surface area contributed by atoms with Gasteiger partial charge in [0, 0.05) is 6.42 Å². The Balaban J connectivity index is 3.98. The molecule has 0 amide bonds. The van der Waals surface area contributed by atoms with E-state index in [-0.39, 0.29) is 12.8 Å². The smallest absolute Gasteiger partial charge is 0.303 e. The second-order valence-electron chi connectivity index (χ2n) is 3.52. The lowest BCUT2D eigenvalue weighted by atomic mass is 9.94. The van der Waals surface area contributed by atoms with Gasteiger partial charge in [0.15, 0.2) is 6.17 Å². The fourth-order valence-corrected chi connectivity index (χ4v) is 1.11. The van der Waals surface area contributed by atoms with Crippen LogP contribution in [0.5, 0.6) is 0 Å². The lowest BCUT2D eigenvalue weighted by molar-refractivity contribution is -0.137. The SMILES string of the molecule is CC(F)C(F)C(O)C(C)CCC(=O)O. The zero-order valence-electron chi connectivity index (χ0n) is 8.28. The molecule has 0 aromatic carbocycles. The first-order chi connectivity index (χ1) is 6.36. The van der Waals surface area contributed by atoms with Gasteiger partial charge in [-0.1, -0.05) is 6.92 Å². The van der Waals surface area contributed by atoms with Crippen LogP contribution in [0, 0.1) is 5.92 Å². The molecule has 0 spiro atoms. The number of aliphatic hydroxyl groups excluding tert-OH is 1. The van der Waals surface area contributed by atoms with Crippen LogP contribution in [0.25, 0.3) is 0 Å². The maximum absolute atomic E-state index is 12.9. The average molecular weight is 210 g/mol. The van der Waals surface area contributed by atoms with Gasteiger partial charge in [-0.3, -0.25) is 4.79 Å². The zero-order valence-corrected chi connectivity index (χ0v) is 8.28. The van der Waals surface area contributed by atoms with Crippen molar-refractivity contribution in [3.63, 3.8) is 0 Å². The molecule has 0 saturated carbocycles. The average Bonchev–Trinajstić information content (AvgIpc) is 2.11. The molecule has 0 aromatic rings. The predicted molar refractivity (Wildman–Crippen MR) is 47.5 cm³/mol. The molecule has 14 heavy (non-hydrogen) atoms. The highest BCUT2D eigenvalue weighted by Gasteiger charge is 2.29. The number of carboxylic acids is 1. The van der Waals surface area contributed by atoms with Crippen molar-refractivity contribution in [1.29, 1.82) is 0 Å². The van der Waals surface area contributed by atoms with Crippen molar-refractivity contribution < 1.29 is 23.8 Å². The first-order valence-electron chi connectivity index (χ1n) is 4.54. The van der Waals surface area contributed by atoms with Crippen molar-refractivity contribution in [2.45, 2.75) is 45.1 Å². The molecule has 0 heterocycles. The Morgan fingerprint density at radius 1 is 1.36 bits per heavy atom. The molecule has 84 valence electrons. The van der Waals surface area contributed by atoms with E-state index >= 15 is 0 Å². The molecule has 4 atom stereocenters. The first-order valence-corrected chi connectivity index (χ1v) is 4.54. The van der Waals surface area contributed by atoms with E-state index in [9.17, 15) is 18.7 Å². The molecule has 0 saturated heterocycles. The number of aliphatic hydroxyl groups is 1. The lowest BCUT2D eigenvalue weighted by Gasteiger charge is -2.22. The Hall–Kier alpha value is -0.710. The van der Waals surface area contributed by atoms with Crippen molar-refractivity contribution in [2.75, 3.05) is 0 Å². The summed E-state index contributed by atoms with van der Waals surface area (Å²) < 4.78 is 25.4. The van der Waals surface area contributed by atoms with Gasteiger partial charge < -0.3 is 10.2 Å². The third-order valence-electron chi connectivity index (χ3n) is 2.16. The van der Waals surface area contributed by atoms with Gasteiger partial charge >= 0.3 is 5.97 Å². The molecule has 4 unspecified atom stereocenters. The van der Waals surface area contributed by atoms with Crippen LogP contribution < -0.4 is 0 Å².